The molecule has 2 aromatic rings. The molecule has 0 saturated heterocycles. The first-order chi connectivity index (χ1) is 9.90. The highest BCUT2D eigenvalue weighted by atomic mass is 19.1. The third-order valence-electron chi connectivity index (χ3n) is 3.52. The summed E-state index contributed by atoms with van der Waals surface area (Å²) >= 11 is 0. The van der Waals surface area contributed by atoms with E-state index in [0.29, 0.717) is 17.4 Å². The van der Waals surface area contributed by atoms with E-state index in [0.717, 1.165) is 5.56 Å². The van der Waals surface area contributed by atoms with E-state index in [1.165, 1.54) is 18.6 Å². The molecule has 0 amide bonds. The molecule has 0 radical (unpaired) electrons. The van der Waals surface area contributed by atoms with Crippen molar-refractivity contribution in [2.75, 3.05) is 0 Å². The van der Waals surface area contributed by atoms with Crippen LogP contribution in [0.3, 0.4) is 0 Å². The van der Waals surface area contributed by atoms with Crippen LogP contribution in [0.25, 0.3) is 0 Å². The van der Waals surface area contributed by atoms with Crippen molar-refractivity contribution in [2.45, 2.75) is 39.7 Å². The summed E-state index contributed by atoms with van der Waals surface area (Å²) in [5.74, 6) is 0.977. The molecule has 3 heteroatoms. The minimum absolute atomic E-state index is 0.183. The molecule has 0 aromatic heterocycles. The van der Waals surface area contributed by atoms with Crippen molar-refractivity contribution in [3.63, 3.8) is 0 Å². The number of hydrogen-bond acceptors (Lipinski definition) is 2. The van der Waals surface area contributed by atoms with E-state index in [4.69, 9.17) is 4.74 Å². The lowest BCUT2D eigenvalue weighted by Crippen LogP contribution is -2.00. The molecule has 1 N–H and O–H groups in total. The minimum atomic E-state index is -0.919. The Morgan fingerprint density at radius 2 is 1.81 bits per heavy atom. The van der Waals surface area contributed by atoms with Gasteiger partial charge in [-0.3, -0.25) is 0 Å². The fourth-order valence-electron chi connectivity index (χ4n) is 2.50. The molecule has 0 fully saturated rings. The van der Waals surface area contributed by atoms with Gasteiger partial charge in [0.25, 0.3) is 0 Å². The van der Waals surface area contributed by atoms with Gasteiger partial charge >= 0.3 is 0 Å². The number of rotatable bonds is 4. The van der Waals surface area contributed by atoms with Crippen molar-refractivity contribution in [3.8, 4) is 11.5 Å². The summed E-state index contributed by atoms with van der Waals surface area (Å²) in [6.45, 7) is 7.84. The molecule has 1 atom stereocenters. The van der Waals surface area contributed by atoms with Crippen LogP contribution in [0.2, 0.25) is 0 Å². The predicted octanol–water partition coefficient (Wildman–Crippen LogP) is 5.10. The average molecular weight is 288 g/mol. The van der Waals surface area contributed by atoms with Gasteiger partial charge in [-0.25, -0.2) is 4.39 Å². The highest BCUT2D eigenvalue weighted by Crippen LogP contribution is 2.33. The maximum atomic E-state index is 13.8. The molecule has 21 heavy (non-hydrogen) atoms. The molecule has 0 aliphatic heterocycles. The van der Waals surface area contributed by atoms with E-state index >= 15 is 0 Å². The SMILES string of the molecule is Cc1cc(Oc2cccc(F)c2[C@H](C)O)ccc1C(C)C. The van der Waals surface area contributed by atoms with Gasteiger partial charge in [0.15, 0.2) is 0 Å². The van der Waals surface area contributed by atoms with Crippen LogP contribution in [0.4, 0.5) is 4.39 Å². The number of aryl methyl sites for hydroxylation is 1. The van der Waals surface area contributed by atoms with E-state index in [1.54, 1.807) is 12.1 Å². The Bertz CT molecular complexity index is 633. The quantitative estimate of drug-likeness (QED) is 0.847. The second-order valence-corrected chi connectivity index (χ2v) is 5.60. The Balaban J connectivity index is 2.35. The lowest BCUT2D eigenvalue weighted by atomic mass is 9.98. The van der Waals surface area contributed by atoms with Gasteiger partial charge in [-0.15, -0.1) is 0 Å². The van der Waals surface area contributed by atoms with Crippen LogP contribution in [0, 0.1) is 12.7 Å². The van der Waals surface area contributed by atoms with Crippen molar-refractivity contribution in [1.29, 1.82) is 0 Å². The molecule has 0 unspecified atom stereocenters. The maximum absolute atomic E-state index is 13.8. The summed E-state index contributed by atoms with van der Waals surface area (Å²) in [5.41, 5.74) is 2.58. The zero-order valence-electron chi connectivity index (χ0n) is 12.9. The molecule has 2 rings (SSSR count). The van der Waals surface area contributed by atoms with Crippen LogP contribution < -0.4 is 4.74 Å². The summed E-state index contributed by atoms with van der Waals surface area (Å²) in [7, 11) is 0. The van der Waals surface area contributed by atoms with Gasteiger partial charge in [-0.1, -0.05) is 26.0 Å². The topological polar surface area (TPSA) is 29.5 Å². The fourth-order valence-corrected chi connectivity index (χ4v) is 2.50. The summed E-state index contributed by atoms with van der Waals surface area (Å²) in [6.07, 6.45) is -0.919. The van der Waals surface area contributed by atoms with Gasteiger partial charge < -0.3 is 9.84 Å². The highest BCUT2D eigenvalue weighted by molar-refractivity contribution is 5.42. The summed E-state index contributed by atoms with van der Waals surface area (Å²) < 4.78 is 19.6. The summed E-state index contributed by atoms with van der Waals surface area (Å²) in [4.78, 5) is 0. The standard InChI is InChI=1S/C18H21FO2/c1-11(2)15-9-8-14(10-12(15)3)21-17-7-5-6-16(19)18(17)13(4)20/h5-11,13,20H,1-4H3/t13-/m0/s1. The molecule has 2 nitrogen and oxygen atoms in total. The lowest BCUT2D eigenvalue weighted by molar-refractivity contribution is 0.190. The van der Waals surface area contributed by atoms with E-state index in [9.17, 15) is 9.50 Å². The molecule has 0 saturated carbocycles. The first kappa shape index (κ1) is 15.5. The molecule has 0 aliphatic rings. The smallest absolute Gasteiger partial charge is 0.136 e. The summed E-state index contributed by atoms with van der Waals surface area (Å²) in [5, 5.41) is 9.71. The maximum Gasteiger partial charge on any atom is 0.136 e. The van der Waals surface area contributed by atoms with Crippen LogP contribution in [0.15, 0.2) is 36.4 Å². The van der Waals surface area contributed by atoms with Crippen molar-refractivity contribution in [2.24, 2.45) is 0 Å². The Morgan fingerprint density at radius 1 is 1.10 bits per heavy atom. The molecule has 112 valence electrons. The van der Waals surface area contributed by atoms with Gasteiger partial charge in [-0.2, -0.15) is 0 Å². The van der Waals surface area contributed by atoms with Crippen molar-refractivity contribution in [3.05, 3.63) is 58.9 Å². The fraction of sp³-hybridized carbons (Fsp3) is 0.333. The molecule has 2 aromatic carbocycles. The zero-order chi connectivity index (χ0) is 15.6. The number of hydrogen-bond donors (Lipinski definition) is 1. The number of halogens is 1. The number of aliphatic hydroxyl groups is 1. The lowest BCUT2D eigenvalue weighted by Gasteiger charge is -2.16. The van der Waals surface area contributed by atoms with E-state index in [1.807, 2.05) is 25.1 Å². The predicted molar refractivity (Wildman–Crippen MR) is 82.4 cm³/mol. The molecular weight excluding hydrogens is 267 g/mol. The van der Waals surface area contributed by atoms with Gasteiger partial charge in [0, 0.05) is 0 Å². The molecular formula is C18H21FO2. The van der Waals surface area contributed by atoms with E-state index in [-0.39, 0.29) is 5.56 Å². The van der Waals surface area contributed by atoms with Gasteiger partial charge in [0.05, 0.1) is 11.7 Å². The first-order valence-electron chi connectivity index (χ1n) is 7.15. The minimum Gasteiger partial charge on any atom is -0.457 e. The molecule has 0 spiro atoms. The largest absolute Gasteiger partial charge is 0.457 e. The van der Waals surface area contributed by atoms with Crippen molar-refractivity contribution in [1.82, 2.24) is 0 Å². The summed E-state index contributed by atoms with van der Waals surface area (Å²) in [6, 6.07) is 10.4. The van der Waals surface area contributed by atoms with Crippen LogP contribution in [0.1, 0.15) is 49.5 Å². The van der Waals surface area contributed by atoms with Crippen molar-refractivity contribution < 1.29 is 14.2 Å². The Kier molecular flexibility index (Phi) is 4.63. The second kappa shape index (κ2) is 6.27. The number of aliphatic hydroxyl groups excluding tert-OH is 1. The third kappa shape index (κ3) is 3.42. The first-order valence-corrected chi connectivity index (χ1v) is 7.15. The van der Waals surface area contributed by atoms with Gasteiger partial charge in [-0.05, 0) is 55.2 Å². The van der Waals surface area contributed by atoms with Crippen LogP contribution in [-0.2, 0) is 0 Å². The Labute approximate surface area is 125 Å². The van der Waals surface area contributed by atoms with E-state index < -0.39 is 11.9 Å². The third-order valence-corrected chi connectivity index (χ3v) is 3.52. The number of benzene rings is 2. The van der Waals surface area contributed by atoms with Gasteiger partial charge in [0.1, 0.15) is 17.3 Å². The highest BCUT2D eigenvalue weighted by Gasteiger charge is 2.15. The van der Waals surface area contributed by atoms with Crippen LogP contribution in [0.5, 0.6) is 11.5 Å². The zero-order valence-corrected chi connectivity index (χ0v) is 12.9. The normalized spacial score (nSPS) is 12.5. The molecule has 0 aliphatic carbocycles. The van der Waals surface area contributed by atoms with Crippen LogP contribution >= 0.6 is 0 Å². The van der Waals surface area contributed by atoms with Crippen molar-refractivity contribution >= 4 is 0 Å². The molecule has 0 heterocycles. The Morgan fingerprint density at radius 3 is 2.38 bits per heavy atom. The molecule has 0 bridgehead atoms. The van der Waals surface area contributed by atoms with E-state index in [2.05, 4.69) is 13.8 Å². The second-order valence-electron chi connectivity index (χ2n) is 5.60. The Hall–Kier alpha value is -1.87. The monoisotopic (exact) mass is 288 g/mol. The van der Waals surface area contributed by atoms with Gasteiger partial charge in [0.2, 0.25) is 0 Å². The van der Waals surface area contributed by atoms with Crippen LogP contribution in [-0.4, -0.2) is 5.11 Å². The average Bonchev–Trinajstić information content (AvgIpc) is 2.37. The number of ether oxygens (including phenoxy) is 1.